The van der Waals surface area contributed by atoms with Gasteiger partial charge in [0.2, 0.25) is 5.91 Å². The fourth-order valence-corrected chi connectivity index (χ4v) is 4.82. The Morgan fingerprint density at radius 3 is 2.42 bits per heavy atom. The molecular formula is C24H32N4O3. The van der Waals surface area contributed by atoms with Crippen molar-refractivity contribution in [2.75, 3.05) is 18.0 Å². The van der Waals surface area contributed by atoms with Crippen LogP contribution in [0.2, 0.25) is 0 Å². The summed E-state index contributed by atoms with van der Waals surface area (Å²) in [5, 5.41) is 17.9. The predicted molar refractivity (Wildman–Crippen MR) is 119 cm³/mol. The molecule has 7 nitrogen and oxygen atoms in total. The Bertz CT molecular complexity index is 897. The predicted octanol–water partition coefficient (Wildman–Crippen LogP) is 3.54. The molecule has 1 aromatic carbocycles. The summed E-state index contributed by atoms with van der Waals surface area (Å²) in [5.74, 6) is -0.0911. The Hall–Kier alpha value is -2.67. The molecule has 166 valence electrons. The molecule has 4 rings (SSSR count). The van der Waals surface area contributed by atoms with E-state index in [0.29, 0.717) is 18.3 Å². The molecular weight excluding hydrogens is 392 g/mol. The smallest absolute Gasteiger partial charge is 0.341 e. The van der Waals surface area contributed by atoms with Crippen molar-refractivity contribution in [1.29, 1.82) is 0 Å². The van der Waals surface area contributed by atoms with E-state index >= 15 is 0 Å². The number of benzene rings is 1. The molecule has 2 aliphatic rings. The van der Waals surface area contributed by atoms with E-state index in [-0.39, 0.29) is 23.4 Å². The number of hydrogen-bond acceptors (Lipinski definition) is 4. The van der Waals surface area contributed by atoms with Crippen LogP contribution < -0.4 is 10.2 Å². The first-order valence-corrected chi connectivity index (χ1v) is 11.4. The molecule has 1 aliphatic carbocycles. The van der Waals surface area contributed by atoms with E-state index in [1.807, 2.05) is 30.3 Å². The minimum Gasteiger partial charge on any atom is -0.477 e. The van der Waals surface area contributed by atoms with Crippen molar-refractivity contribution in [3.05, 3.63) is 47.7 Å². The zero-order valence-electron chi connectivity index (χ0n) is 18.2. The summed E-state index contributed by atoms with van der Waals surface area (Å²) in [5.41, 5.74) is 1.14. The maximum Gasteiger partial charge on any atom is 0.341 e. The topological polar surface area (TPSA) is 87.5 Å². The molecule has 0 unspecified atom stereocenters. The molecule has 1 aromatic heterocycles. The van der Waals surface area contributed by atoms with Crippen LogP contribution in [0.4, 0.5) is 5.82 Å². The fourth-order valence-electron chi connectivity index (χ4n) is 4.82. The summed E-state index contributed by atoms with van der Waals surface area (Å²) >= 11 is 0. The number of carboxylic acid groups (broad SMARTS) is 1. The number of hydrogen-bond donors (Lipinski definition) is 2. The van der Waals surface area contributed by atoms with Crippen LogP contribution in [0.3, 0.4) is 0 Å². The summed E-state index contributed by atoms with van der Waals surface area (Å²) in [6, 6.07) is 9.80. The molecule has 1 aliphatic heterocycles. The highest BCUT2D eigenvalue weighted by Crippen LogP contribution is 2.33. The van der Waals surface area contributed by atoms with Crippen LogP contribution in [0.15, 0.2) is 36.5 Å². The van der Waals surface area contributed by atoms with Crippen molar-refractivity contribution >= 4 is 17.7 Å². The van der Waals surface area contributed by atoms with Gasteiger partial charge in [0.25, 0.3) is 0 Å². The summed E-state index contributed by atoms with van der Waals surface area (Å²) in [6.45, 7) is 4.35. The number of carbonyl (C=O) groups is 2. The van der Waals surface area contributed by atoms with Crippen molar-refractivity contribution in [2.45, 2.75) is 58.0 Å². The zero-order valence-corrected chi connectivity index (χ0v) is 18.2. The van der Waals surface area contributed by atoms with Crippen LogP contribution >= 0.6 is 0 Å². The number of nitrogens with one attached hydrogen (secondary N) is 1. The maximum atomic E-state index is 13.7. The molecule has 31 heavy (non-hydrogen) atoms. The van der Waals surface area contributed by atoms with Gasteiger partial charge in [0, 0.05) is 18.2 Å². The highest BCUT2D eigenvalue weighted by atomic mass is 16.4. The maximum absolute atomic E-state index is 13.7. The second-order valence-electron chi connectivity index (χ2n) is 9.00. The molecule has 1 saturated carbocycles. The van der Waals surface area contributed by atoms with Crippen LogP contribution in [0, 0.1) is 11.8 Å². The summed E-state index contributed by atoms with van der Waals surface area (Å²) in [4.78, 5) is 27.6. The van der Waals surface area contributed by atoms with E-state index < -0.39 is 5.97 Å². The standard InChI is InChI=1S/C24H32N4O3/c1-17-7-9-19(10-8-17)23(29)28(20-11-13-25-14-12-20)22-21(24(30)31)16-27(26-22)15-18-5-3-2-4-6-18/h2-6,16-17,19-20,25H,7-15H2,1H3,(H,30,31). The van der Waals surface area contributed by atoms with Gasteiger partial charge in [0.15, 0.2) is 5.82 Å². The number of rotatable bonds is 6. The number of amides is 1. The number of piperidine rings is 1. The molecule has 7 heteroatoms. The number of anilines is 1. The van der Waals surface area contributed by atoms with Gasteiger partial charge in [-0.25, -0.2) is 4.79 Å². The number of aromatic carboxylic acids is 1. The summed E-state index contributed by atoms with van der Waals surface area (Å²) < 4.78 is 1.65. The third-order valence-corrected chi connectivity index (χ3v) is 6.66. The fraction of sp³-hybridized carbons (Fsp3) is 0.542. The monoisotopic (exact) mass is 424 g/mol. The Morgan fingerprint density at radius 2 is 1.77 bits per heavy atom. The number of carbonyl (C=O) groups excluding carboxylic acids is 1. The molecule has 0 atom stereocenters. The first-order chi connectivity index (χ1) is 15.0. The molecule has 0 bridgehead atoms. The van der Waals surface area contributed by atoms with Gasteiger partial charge < -0.3 is 10.4 Å². The van der Waals surface area contributed by atoms with E-state index in [4.69, 9.17) is 0 Å². The molecule has 2 fully saturated rings. The SMILES string of the molecule is CC1CCC(C(=O)N(c2nn(Cc3ccccc3)cc2C(=O)O)C2CCNCC2)CC1. The number of nitrogens with zero attached hydrogens (tertiary/aromatic N) is 3. The van der Waals surface area contributed by atoms with Gasteiger partial charge in [-0.2, -0.15) is 5.10 Å². The van der Waals surface area contributed by atoms with E-state index in [2.05, 4.69) is 17.3 Å². The van der Waals surface area contributed by atoms with Crippen LogP contribution in [0.1, 0.15) is 61.4 Å². The van der Waals surface area contributed by atoms with Gasteiger partial charge in [-0.3, -0.25) is 14.4 Å². The van der Waals surface area contributed by atoms with Crippen LogP contribution in [0.5, 0.6) is 0 Å². The first-order valence-electron chi connectivity index (χ1n) is 11.4. The second-order valence-corrected chi connectivity index (χ2v) is 9.00. The molecule has 2 aromatic rings. The lowest BCUT2D eigenvalue weighted by molar-refractivity contribution is -0.124. The highest BCUT2D eigenvalue weighted by Gasteiger charge is 2.37. The van der Waals surface area contributed by atoms with Crippen LogP contribution in [-0.2, 0) is 11.3 Å². The lowest BCUT2D eigenvalue weighted by Gasteiger charge is -2.37. The van der Waals surface area contributed by atoms with Gasteiger partial charge in [-0.05, 0) is 63.1 Å². The Morgan fingerprint density at radius 1 is 1.10 bits per heavy atom. The molecule has 2 heterocycles. The van der Waals surface area contributed by atoms with Gasteiger partial charge in [0.05, 0.1) is 6.54 Å². The Kier molecular flexibility index (Phi) is 6.70. The molecule has 2 N–H and O–H groups in total. The van der Waals surface area contributed by atoms with Crippen molar-refractivity contribution in [3.63, 3.8) is 0 Å². The Labute approximate surface area is 183 Å². The van der Waals surface area contributed by atoms with Gasteiger partial charge in [-0.1, -0.05) is 37.3 Å². The molecule has 0 spiro atoms. The lowest BCUT2D eigenvalue weighted by Crippen LogP contribution is -2.49. The van der Waals surface area contributed by atoms with Gasteiger partial charge in [0.1, 0.15) is 5.56 Å². The van der Waals surface area contributed by atoms with E-state index in [0.717, 1.165) is 57.2 Å². The number of aromatic nitrogens is 2. The van der Waals surface area contributed by atoms with E-state index in [1.54, 1.807) is 15.8 Å². The molecule has 1 amide bonds. The molecule has 0 radical (unpaired) electrons. The van der Waals surface area contributed by atoms with E-state index in [1.165, 1.54) is 0 Å². The first kappa shape index (κ1) is 21.6. The number of carboxylic acids is 1. The normalized spacial score (nSPS) is 22.2. The van der Waals surface area contributed by atoms with Gasteiger partial charge >= 0.3 is 5.97 Å². The van der Waals surface area contributed by atoms with Crippen molar-refractivity contribution in [2.24, 2.45) is 11.8 Å². The lowest BCUT2D eigenvalue weighted by atomic mass is 9.82. The molecule has 1 saturated heterocycles. The van der Waals surface area contributed by atoms with Crippen LogP contribution in [-0.4, -0.2) is 45.9 Å². The third-order valence-electron chi connectivity index (χ3n) is 6.66. The highest BCUT2D eigenvalue weighted by molar-refractivity contribution is 6.01. The third kappa shape index (κ3) is 4.98. The van der Waals surface area contributed by atoms with Crippen molar-refractivity contribution in [1.82, 2.24) is 15.1 Å². The Balaban J connectivity index is 1.67. The average molecular weight is 425 g/mol. The summed E-state index contributed by atoms with van der Waals surface area (Å²) in [7, 11) is 0. The van der Waals surface area contributed by atoms with Gasteiger partial charge in [-0.15, -0.1) is 0 Å². The van der Waals surface area contributed by atoms with Crippen molar-refractivity contribution in [3.8, 4) is 0 Å². The summed E-state index contributed by atoms with van der Waals surface area (Å²) in [6.07, 6.45) is 7.01. The quantitative estimate of drug-likeness (QED) is 0.741. The zero-order chi connectivity index (χ0) is 21.8. The minimum absolute atomic E-state index is 0.0220. The van der Waals surface area contributed by atoms with Crippen LogP contribution in [0.25, 0.3) is 0 Å². The average Bonchev–Trinajstić information content (AvgIpc) is 3.19. The second kappa shape index (κ2) is 9.64. The minimum atomic E-state index is -1.04. The van der Waals surface area contributed by atoms with Crippen molar-refractivity contribution < 1.29 is 14.7 Å². The van der Waals surface area contributed by atoms with E-state index in [9.17, 15) is 14.7 Å². The largest absolute Gasteiger partial charge is 0.477 e.